The third kappa shape index (κ3) is 3.52. The normalized spacial score (nSPS) is 23.2. The molecule has 116 valence electrons. The highest BCUT2D eigenvalue weighted by Gasteiger charge is 2.33. The van der Waals surface area contributed by atoms with Gasteiger partial charge in [0, 0.05) is 45.1 Å². The smallest absolute Gasteiger partial charge is 0.225 e. The molecular formula is C16H27N5. The van der Waals surface area contributed by atoms with E-state index in [0.717, 1.165) is 38.7 Å². The molecule has 3 rings (SSSR count). The average Bonchev–Trinajstić information content (AvgIpc) is 2.57. The second-order valence-corrected chi connectivity index (χ2v) is 6.58. The molecule has 1 saturated carbocycles. The quantitative estimate of drug-likeness (QED) is 0.910. The van der Waals surface area contributed by atoms with Crippen LogP contribution >= 0.6 is 0 Å². The molecule has 0 spiro atoms. The minimum atomic E-state index is 0.379. The zero-order valence-corrected chi connectivity index (χ0v) is 12.9. The van der Waals surface area contributed by atoms with Gasteiger partial charge in [-0.3, -0.25) is 4.90 Å². The van der Waals surface area contributed by atoms with Crippen molar-refractivity contribution in [2.45, 2.75) is 32.1 Å². The van der Waals surface area contributed by atoms with Crippen LogP contribution in [0.1, 0.15) is 32.1 Å². The van der Waals surface area contributed by atoms with Crippen LogP contribution in [0.25, 0.3) is 0 Å². The highest BCUT2D eigenvalue weighted by molar-refractivity contribution is 5.29. The van der Waals surface area contributed by atoms with E-state index in [4.69, 9.17) is 5.73 Å². The summed E-state index contributed by atoms with van der Waals surface area (Å²) in [5.41, 5.74) is 6.50. The van der Waals surface area contributed by atoms with Crippen LogP contribution in [0.2, 0.25) is 0 Å². The lowest BCUT2D eigenvalue weighted by Gasteiger charge is -2.43. The summed E-state index contributed by atoms with van der Waals surface area (Å²) in [6.45, 7) is 6.25. The summed E-state index contributed by atoms with van der Waals surface area (Å²) in [6.07, 6.45) is 10.4. The number of hydrogen-bond donors (Lipinski definition) is 1. The molecule has 0 unspecified atom stereocenters. The maximum atomic E-state index is 6.12. The van der Waals surface area contributed by atoms with E-state index in [1.807, 2.05) is 18.5 Å². The van der Waals surface area contributed by atoms with E-state index in [-0.39, 0.29) is 0 Å². The fraction of sp³-hybridized carbons (Fsp3) is 0.750. The first-order valence-corrected chi connectivity index (χ1v) is 8.26. The maximum Gasteiger partial charge on any atom is 0.225 e. The molecule has 5 heteroatoms. The largest absolute Gasteiger partial charge is 0.338 e. The molecule has 0 radical (unpaired) electrons. The van der Waals surface area contributed by atoms with Crippen molar-refractivity contribution in [3.63, 3.8) is 0 Å². The maximum absolute atomic E-state index is 6.12. The molecule has 1 aliphatic heterocycles. The van der Waals surface area contributed by atoms with Crippen LogP contribution in [0.5, 0.6) is 0 Å². The van der Waals surface area contributed by atoms with Gasteiger partial charge in [0.05, 0.1) is 0 Å². The first-order chi connectivity index (χ1) is 10.3. The number of anilines is 1. The molecule has 1 aliphatic carbocycles. The fourth-order valence-corrected chi connectivity index (χ4v) is 3.76. The lowest BCUT2D eigenvalue weighted by atomic mass is 9.73. The number of aromatic nitrogens is 2. The van der Waals surface area contributed by atoms with Crippen molar-refractivity contribution in [1.82, 2.24) is 14.9 Å². The summed E-state index contributed by atoms with van der Waals surface area (Å²) < 4.78 is 0. The highest BCUT2D eigenvalue weighted by Crippen LogP contribution is 2.36. The predicted octanol–water partition coefficient (Wildman–Crippen LogP) is 1.51. The van der Waals surface area contributed by atoms with Crippen molar-refractivity contribution in [3.8, 4) is 0 Å². The minimum absolute atomic E-state index is 0.379. The van der Waals surface area contributed by atoms with Crippen LogP contribution in [-0.2, 0) is 0 Å². The Morgan fingerprint density at radius 1 is 1.00 bits per heavy atom. The van der Waals surface area contributed by atoms with Crippen LogP contribution in [0.3, 0.4) is 0 Å². The summed E-state index contributed by atoms with van der Waals surface area (Å²) in [6, 6.07) is 1.87. The lowest BCUT2D eigenvalue weighted by Crippen LogP contribution is -2.52. The van der Waals surface area contributed by atoms with Crippen molar-refractivity contribution in [2.75, 3.05) is 44.2 Å². The second kappa shape index (κ2) is 6.71. The van der Waals surface area contributed by atoms with Crippen LogP contribution in [-0.4, -0.2) is 54.1 Å². The SMILES string of the molecule is NCC1(CN2CCN(c3ncccn3)CC2)CCCCC1. The number of hydrogen-bond acceptors (Lipinski definition) is 5. The van der Waals surface area contributed by atoms with E-state index in [1.165, 1.54) is 38.6 Å². The van der Waals surface area contributed by atoms with Gasteiger partial charge in [-0.1, -0.05) is 19.3 Å². The van der Waals surface area contributed by atoms with E-state index in [0.29, 0.717) is 5.41 Å². The first-order valence-electron chi connectivity index (χ1n) is 8.26. The summed E-state index contributed by atoms with van der Waals surface area (Å²) in [7, 11) is 0. The molecule has 2 N–H and O–H groups in total. The molecule has 1 aromatic rings. The van der Waals surface area contributed by atoms with Crippen molar-refractivity contribution in [3.05, 3.63) is 18.5 Å². The Hall–Kier alpha value is -1.20. The van der Waals surface area contributed by atoms with Crippen molar-refractivity contribution in [1.29, 1.82) is 0 Å². The fourth-order valence-electron chi connectivity index (χ4n) is 3.76. The van der Waals surface area contributed by atoms with Crippen molar-refractivity contribution >= 4 is 5.95 Å². The summed E-state index contributed by atoms with van der Waals surface area (Å²) >= 11 is 0. The Labute approximate surface area is 127 Å². The third-order valence-electron chi connectivity index (χ3n) is 5.11. The number of nitrogens with zero attached hydrogens (tertiary/aromatic N) is 4. The number of rotatable bonds is 4. The molecule has 0 amide bonds. The zero-order valence-electron chi connectivity index (χ0n) is 12.9. The Kier molecular flexibility index (Phi) is 4.70. The zero-order chi connectivity index (χ0) is 14.5. The van der Waals surface area contributed by atoms with Gasteiger partial charge >= 0.3 is 0 Å². The summed E-state index contributed by atoms with van der Waals surface area (Å²) in [5, 5.41) is 0. The monoisotopic (exact) mass is 289 g/mol. The van der Waals surface area contributed by atoms with Gasteiger partial charge in [-0.25, -0.2) is 9.97 Å². The van der Waals surface area contributed by atoms with Gasteiger partial charge in [0.15, 0.2) is 0 Å². The molecule has 2 heterocycles. The van der Waals surface area contributed by atoms with E-state index >= 15 is 0 Å². The average molecular weight is 289 g/mol. The third-order valence-corrected chi connectivity index (χ3v) is 5.11. The molecule has 1 aromatic heterocycles. The predicted molar refractivity (Wildman–Crippen MR) is 85.3 cm³/mol. The molecule has 5 nitrogen and oxygen atoms in total. The van der Waals surface area contributed by atoms with Crippen LogP contribution in [0.15, 0.2) is 18.5 Å². The van der Waals surface area contributed by atoms with Crippen LogP contribution < -0.4 is 10.6 Å². The van der Waals surface area contributed by atoms with Gasteiger partial charge in [-0.15, -0.1) is 0 Å². The van der Waals surface area contributed by atoms with Gasteiger partial charge in [0.1, 0.15) is 0 Å². The van der Waals surface area contributed by atoms with Gasteiger partial charge in [0.25, 0.3) is 0 Å². The van der Waals surface area contributed by atoms with Crippen LogP contribution in [0, 0.1) is 5.41 Å². The van der Waals surface area contributed by atoms with E-state index in [9.17, 15) is 0 Å². The van der Waals surface area contributed by atoms with E-state index in [2.05, 4.69) is 19.8 Å². The molecule has 1 saturated heterocycles. The first kappa shape index (κ1) is 14.7. The molecule has 2 aliphatic rings. The molecular weight excluding hydrogens is 262 g/mol. The number of piperazine rings is 1. The lowest BCUT2D eigenvalue weighted by molar-refractivity contribution is 0.107. The summed E-state index contributed by atoms with van der Waals surface area (Å²) in [5.74, 6) is 0.864. The van der Waals surface area contributed by atoms with Gasteiger partial charge in [-0.05, 0) is 30.9 Å². The molecule has 21 heavy (non-hydrogen) atoms. The van der Waals surface area contributed by atoms with Crippen molar-refractivity contribution in [2.24, 2.45) is 11.1 Å². The molecule has 2 fully saturated rings. The Balaban J connectivity index is 1.53. The Bertz CT molecular complexity index is 422. The van der Waals surface area contributed by atoms with Gasteiger partial charge in [-0.2, -0.15) is 0 Å². The molecule has 0 aromatic carbocycles. The molecule has 0 bridgehead atoms. The Morgan fingerprint density at radius 2 is 1.67 bits per heavy atom. The topological polar surface area (TPSA) is 58.3 Å². The number of nitrogens with two attached hydrogens (primary N) is 1. The summed E-state index contributed by atoms with van der Waals surface area (Å²) in [4.78, 5) is 13.6. The van der Waals surface area contributed by atoms with Gasteiger partial charge < -0.3 is 10.6 Å². The Morgan fingerprint density at radius 3 is 2.29 bits per heavy atom. The van der Waals surface area contributed by atoms with Crippen LogP contribution in [0.4, 0.5) is 5.95 Å². The second-order valence-electron chi connectivity index (χ2n) is 6.58. The molecule has 0 atom stereocenters. The van der Waals surface area contributed by atoms with E-state index < -0.39 is 0 Å². The minimum Gasteiger partial charge on any atom is -0.338 e. The van der Waals surface area contributed by atoms with Gasteiger partial charge in [0.2, 0.25) is 5.95 Å². The highest BCUT2D eigenvalue weighted by atomic mass is 15.3. The van der Waals surface area contributed by atoms with E-state index in [1.54, 1.807) is 0 Å². The van der Waals surface area contributed by atoms with Crippen molar-refractivity contribution < 1.29 is 0 Å². The standard InChI is InChI=1S/C16H27N5/c17-13-16(5-2-1-3-6-16)14-20-9-11-21(12-10-20)15-18-7-4-8-19-15/h4,7-8H,1-3,5-6,9-14,17H2.